The van der Waals surface area contributed by atoms with Crippen LogP contribution in [0.15, 0.2) is 65.7 Å². The van der Waals surface area contributed by atoms with Gasteiger partial charge in [-0.1, -0.05) is 30.3 Å². The number of nitrogens with one attached hydrogen (secondary N) is 2. The van der Waals surface area contributed by atoms with Crippen LogP contribution in [0.4, 0.5) is 23.5 Å². The van der Waals surface area contributed by atoms with Gasteiger partial charge in [-0.15, -0.1) is 4.83 Å². The normalized spacial score (nSPS) is 11.8. The van der Waals surface area contributed by atoms with E-state index in [0.29, 0.717) is 11.8 Å². The van der Waals surface area contributed by atoms with Crippen LogP contribution in [0.25, 0.3) is 0 Å². The van der Waals surface area contributed by atoms with Crippen LogP contribution in [0, 0.1) is 5.82 Å². The Balaban J connectivity index is 1.77. The van der Waals surface area contributed by atoms with Crippen LogP contribution in [-0.2, 0) is 27.5 Å². The maximum absolute atomic E-state index is 13.4. The molecule has 0 bridgehead atoms. The second kappa shape index (κ2) is 9.28. The van der Waals surface area contributed by atoms with Gasteiger partial charge in [0.2, 0.25) is 5.95 Å². The summed E-state index contributed by atoms with van der Waals surface area (Å²) in [5.41, 5.74) is -0.0732. The minimum Gasteiger partial charge on any atom is -0.457 e. The van der Waals surface area contributed by atoms with Gasteiger partial charge in [0.1, 0.15) is 18.0 Å². The van der Waals surface area contributed by atoms with E-state index in [1.54, 1.807) is 35.2 Å². The maximum atomic E-state index is 13.4. The summed E-state index contributed by atoms with van der Waals surface area (Å²) in [6.07, 6.45) is -4.49. The standard InChI is InChI=1S/C19H14F4N4O4S/c20-13-6-8-14(9-7-13)32(29,30)27-26-18-24-10-15(16(25-18)19(21,22)23)17(28)31-11-12-4-2-1-3-5-12/h1-10,27H,11H2,(H,24,25,26). The lowest BCUT2D eigenvalue weighted by Gasteiger charge is -2.13. The van der Waals surface area contributed by atoms with Crippen molar-refractivity contribution in [3.63, 3.8) is 0 Å². The van der Waals surface area contributed by atoms with Crippen LogP contribution in [0.1, 0.15) is 21.6 Å². The van der Waals surface area contributed by atoms with E-state index in [-0.39, 0.29) is 11.5 Å². The Morgan fingerprint density at radius 1 is 1.03 bits per heavy atom. The fourth-order valence-electron chi connectivity index (χ4n) is 2.39. The average Bonchev–Trinajstić information content (AvgIpc) is 2.76. The van der Waals surface area contributed by atoms with Gasteiger partial charge in [0.15, 0.2) is 5.69 Å². The second-order valence-electron chi connectivity index (χ2n) is 6.20. The lowest BCUT2D eigenvalue weighted by atomic mass is 10.2. The summed E-state index contributed by atoms with van der Waals surface area (Å²) in [6, 6.07) is 12.0. The molecule has 0 fully saturated rings. The Morgan fingerprint density at radius 2 is 1.69 bits per heavy atom. The third-order valence-electron chi connectivity index (χ3n) is 3.91. The molecule has 32 heavy (non-hydrogen) atoms. The van der Waals surface area contributed by atoms with Gasteiger partial charge in [-0.05, 0) is 29.8 Å². The molecule has 3 aromatic rings. The molecule has 0 unspecified atom stereocenters. The van der Waals surface area contributed by atoms with Crippen molar-refractivity contribution >= 4 is 21.9 Å². The predicted molar refractivity (Wildman–Crippen MR) is 103 cm³/mol. The van der Waals surface area contributed by atoms with Crippen LogP contribution in [0.5, 0.6) is 0 Å². The summed E-state index contributed by atoms with van der Waals surface area (Å²) in [5.74, 6) is -2.76. The Hall–Kier alpha value is -3.58. The first kappa shape index (κ1) is 23.1. The van der Waals surface area contributed by atoms with Crippen LogP contribution in [0.2, 0.25) is 0 Å². The molecule has 0 spiro atoms. The van der Waals surface area contributed by atoms with Crippen molar-refractivity contribution in [2.24, 2.45) is 0 Å². The van der Waals surface area contributed by atoms with Gasteiger partial charge in [-0.2, -0.15) is 13.2 Å². The summed E-state index contributed by atoms with van der Waals surface area (Å²) < 4.78 is 82.4. The zero-order valence-corrected chi connectivity index (χ0v) is 16.7. The Labute approximate surface area is 179 Å². The van der Waals surface area contributed by atoms with E-state index < -0.39 is 45.2 Å². The number of alkyl halides is 3. The van der Waals surface area contributed by atoms with Gasteiger partial charge < -0.3 is 4.74 Å². The van der Waals surface area contributed by atoms with Crippen LogP contribution < -0.4 is 10.3 Å². The highest BCUT2D eigenvalue weighted by Gasteiger charge is 2.38. The molecule has 1 heterocycles. The third-order valence-corrected chi connectivity index (χ3v) is 5.17. The molecule has 0 saturated heterocycles. The number of hydrogen-bond donors (Lipinski definition) is 2. The second-order valence-corrected chi connectivity index (χ2v) is 7.88. The predicted octanol–water partition coefficient (Wildman–Crippen LogP) is 3.30. The summed E-state index contributed by atoms with van der Waals surface area (Å²) in [7, 11) is -4.27. The van der Waals surface area contributed by atoms with Crippen molar-refractivity contribution in [1.29, 1.82) is 0 Å². The fourth-order valence-corrected chi connectivity index (χ4v) is 3.23. The summed E-state index contributed by atoms with van der Waals surface area (Å²) in [6.45, 7) is -0.269. The first-order chi connectivity index (χ1) is 15.1. The lowest BCUT2D eigenvalue weighted by Crippen LogP contribution is -2.31. The molecule has 168 valence electrons. The zero-order chi connectivity index (χ0) is 23.4. The van der Waals surface area contributed by atoms with Crippen molar-refractivity contribution in [3.8, 4) is 0 Å². The third kappa shape index (κ3) is 5.76. The minimum absolute atomic E-state index is 0.269. The van der Waals surface area contributed by atoms with Gasteiger partial charge in [0.25, 0.3) is 10.0 Å². The average molecular weight is 470 g/mol. The highest BCUT2D eigenvalue weighted by atomic mass is 32.2. The number of carbonyl (C=O) groups is 1. The Bertz CT molecular complexity index is 1200. The van der Waals surface area contributed by atoms with Crippen LogP contribution >= 0.6 is 0 Å². The summed E-state index contributed by atoms with van der Waals surface area (Å²) in [5, 5.41) is 0. The number of benzene rings is 2. The zero-order valence-electron chi connectivity index (χ0n) is 15.9. The lowest BCUT2D eigenvalue weighted by molar-refractivity contribution is -0.141. The number of ether oxygens (including phenoxy) is 1. The van der Waals surface area contributed by atoms with Crippen molar-refractivity contribution in [2.45, 2.75) is 17.7 Å². The quantitative estimate of drug-likeness (QED) is 0.310. The number of esters is 1. The van der Waals surface area contributed by atoms with Crippen molar-refractivity contribution in [1.82, 2.24) is 14.8 Å². The molecule has 0 aliphatic carbocycles. The van der Waals surface area contributed by atoms with Crippen molar-refractivity contribution in [2.75, 3.05) is 5.43 Å². The van der Waals surface area contributed by atoms with Crippen LogP contribution in [0.3, 0.4) is 0 Å². The number of nitrogens with zero attached hydrogens (tertiary/aromatic N) is 2. The maximum Gasteiger partial charge on any atom is 0.434 e. The summed E-state index contributed by atoms with van der Waals surface area (Å²) in [4.78, 5) is 20.3. The van der Waals surface area contributed by atoms with Crippen molar-refractivity contribution in [3.05, 3.63) is 83.4 Å². The van der Waals surface area contributed by atoms with Gasteiger partial charge in [-0.25, -0.2) is 27.6 Å². The van der Waals surface area contributed by atoms with E-state index in [1.807, 2.05) is 5.43 Å². The molecule has 2 aromatic carbocycles. The monoisotopic (exact) mass is 470 g/mol. The number of rotatable bonds is 7. The van der Waals surface area contributed by atoms with E-state index in [1.165, 1.54) is 0 Å². The molecule has 13 heteroatoms. The SMILES string of the molecule is O=C(OCc1ccccc1)c1cnc(NNS(=O)(=O)c2ccc(F)cc2)nc1C(F)(F)F. The first-order valence-electron chi connectivity index (χ1n) is 8.75. The molecule has 0 aliphatic rings. The molecule has 0 aliphatic heterocycles. The number of sulfonamides is 1. The van der Waals surface area contributed by atoms with Gasteiger partial charge in [-0.3, -0.25) is 5.43 Å². The number of halogens is 4. The topological polar surface area (TPSA) is 110 Å². The van der Waals surface area contributed by atoms with Gasteiger partial charge in [0, 0.05) is 6.20 Å². The molecule has 2 N–H and O–H groups in total. The number of carbonyl (C=O) groups excluding carboxylic acids is 1. The van der Waals surface area contributed by atoms with Gasteiger partial charge in [0.05, 0.1) is 4.90 Å². The molecule has 0 amide bonds. The molecule has 0 radical (unpaired) electrons. The Morgan fingerprint density at radius 3 is 2.31 bits per heavy atom. The smallest absolute Gasteiger partial charge is 0.434 e. The van der Waals surface area contributed by atoms with E-state index in [4.69, 9.17) is 4.74 Å². The highest BCUT2D eigenvalue weighted by molar-refractivity contribution is 7.89. The first-order valence-corrected chi connectivity index (χ1v) is 10.2. The number of aromatic nitrogens is 2. The number of anilines is 1. The highest BCUT2D eigenvalue weighted by Crippen LogP contribution is 2.31. The van der Waals surface area contributed by atoms with Gasteiger partial charge >= 0.3 is 12.1 Å². The van der Waals surface area contributed by atoms with E-state index in [9.17, 15) is 30.8 Å². The molecular weight excluding hydrogens is 456 g/mol. The molecule has 1 aromatic heterocycles. The van der Waals surface area contributed by atoms with E-state index >= 15 is 0 Å². The van der Waals surface area contributed by atoms with E-state index in [2.05, 4.69) is 9.97 Å². The molecule has 0 saturated carbocycles. The van der Waals surface area contributed by atoms with E-state index in [0.717, 1.165) is 24.3 Å². The number of hydrazine groups is 1. The molecular formula is C19H14F4N4O4S. The largest absolute Gasteiger partial charge is 0.457 e. The Kier molecular flexibility index (Phi) is 6.69. The minimum atomic E-state index is -5.06. The number of hydrogen-bond acceptors (Lipinski definition) is 7. The molecule has 0 atom stereocenters. The van der Waals surface area contributed by atoms with Crippen LogP contribution in [-0.4, -0.2) is 24.4 Å². The fraction of sp³-hybridized carbons (Fsp3) is 0.105. The molecule has 8 nitrogen and oxygen atoms in total. The van der Waals surface area contributed by atoms with Crippen molar-refractivity contribution < 1.29 is 35.5 Å². The molecule has 3 rings (SSSR count). The summed E-state index contributed by atoms with van der Waals surface area (Å²) >= 11 is 0.